The fourth-order valence-electron chi connectivity index (χ4n) is 3.12. The zero-order valence-electron chi connectivity index (χ0n) is 18.5. The van der Waals surface area contributed by atoms with Gasteiger partial charge in [0.2, 0.25) is 5.75 Å². The number of ether oxygens (including phenoxy) is 3. The highest BCUT2D eigenvalue weighted by molar-refractivity contribution is 5.79. The van der Waals surface area contributed by atoms with Gasteiger partial charge in [-0.3, -0.25) is 4.99 Å². The summed E-state index contributed by atoms with van der Waals surface area (Å²) in [5.74, 6) is 2.16. The Bertz CT molecular complexity index is 816. The van der Waals surface area contributed by atoms with Crippen LogP contribution < -0.4 is 24.8 Å². The maximum absolute atomic E-state index is 13.3. The average Bonchev–Trinajstić information content (AvgIpc) is 2.75. The van der Waals surface area contributed by atoms with Crippen molar-refractivity contribution >= 4 is 5.96 Å². The number of benzene rings is 2. The van der Waals surface area contributed by atoms with E-state index < -0.39 is 0 Å². The molecule has 0 amide bonds. The summed E-state index contributed by atoms with van der Waals surface area (Å²) in [6.07, 6.45) is 0. The molecular weight excluding hydrogens is 387 g/mol. The molecule has 2 rings (SSSR count). The number of rotatable bonds is 9. The third kappa shape index (κ3) is 6.00. The van der Waals surface area contributed by atoms with Gasteiger partial charge in [0.15, 0.2) is 17.5 Å². The largest absolute Gasteiger partial charge is 0.493 e. The van der Waals surface area contributed by atoms with Crippen molar-refractivity contribution in [3.8, 4) is 17.2 Å². The van der Waals surface area contributed by atoms with Crippen LogP contribution in [0.2, 0.25) is 0 Å². The number of nitrogens with one attached hydrogen (secondary N) is 2. The normalized spacial score (nSPS) is 12.5. The lowest BCUT2D eigenvalue weighted by Crippen LogP contribution is -2.41. The first-order valence-electron chi connectivity index (χ1n) is 9.58. The van der Waals surface area contributed by atoms with Crippen molar-refractivity contribution < 1.29 is 18.6 Å². The van der Waals surface area contributed by atoms with E-state index in [0.717, 1.165) is 11.1 Å². The van der Waals surface area contributed by atoms with Gasteiger partial charge in [0.25, 0.3) is 0 Å². The summed E-state index contributed by atoms with van der Waals surface area (Å²) < 4.78 is 29.4. The van der Waals surface area contributed by atoms with E-state index in [4.69, 9.17) is 14.2 Å². The standard InChI is InChI=1S/C22H31FN4O3/c1-24-22(26-14-18(27(2)3)16-7-9-17(23)10-8-16)25-13-15-11-19(28-4)21(30-6)20(12-15)29-5/h7-12,18H,13-14H2,1-6H3,(H2,24,25,26). The second-order valence-corrected chi connectivity index (χ2v) is 6.87. The van der Waals surface area contributed by atoms with E-state index in [9.17, 15) is 4.39 Å². The Hall–Kier alpha value is -3.00. The van der Waals surface area contributed by atoms with Gasteiger partial charge in [0, 0.05) is 20.1 Å². The van der Waals surface area contributed by atoms with Gasteiger partial charge in [-0.25, -0.2) is 4.39 Å². The summed E-state index contributed by atoms with van der Waals surface area (Å²) in [7, 11) is 10.4. The Labute approximate surface area is 177 Å². The molecule has 0 aromatic heterocycles. The van der Waals surface area contributed by atoms with Gasteiger partial charge >= 0.3 is 0 Å². The molecule has 0 spiro atoms. The van der Waals surface area contributed by atoms with Gasteiger partial charge in [-0.05, 0) is 49.5 Å². The molecule has 1 unspecified atom stereocenters. The predicted octanol–water partition coefficient (Wildman–Crippen LogP) is 2.82. The molecule has 2 aromatic rings. The predicted molar refractivity (Wildman–Crippen MR) is 117 cm³/mol. The molecule has 7 nitrogen and oxygen atoms in total. The molecular formula is C22H31FN4O3. The number of methoxy groups -OCH3 is 3. The van der Waals surface area contributed by atoms with Crippen molar-refractivity contribution in [1.29, 1.82) is 0 Å². The van der Waals surface area contributed by atoms with Crippen LogP contribution in [0.15, 0.2) is 41.4 Å². The molecule has 0 saturated carbocycles. The molecule has 0 aliphatic rings. The summed E-state index contributed by atoms with van der Waals surface area (Å²) in [6, 6.07) is 10.4. The molecule has 0 aliphatic heterocycles. The molecule has 0 radical (unpaired) electrons. The van der Waals surface area contributed by atoms with Crippen molar-refractivity contribution in [2.24, 2.45) is 4.99 Å². The molecule has 8 heteroatoms. The molecule has 2 aromatic carbocycles. The number of aliphatic imine (C=N–C) groups is 1. The van der Waals surface area contributed by atoms with Crippen molar-refractivity contribution in [2.45, 2.75) is 12.6 Å². The second kappa shape index (κ2) is 11.3. The lowest BCUT2D eigenvalue weighted by atomic mass is 10.1. The minimum Gasteiger partial charge on any atom is -0.493 e. The van der Waals surface area contributed by atoms with Crippen molar-refractivity contribution in [2.75, 3.05) is 49.0 Å². The van der Waals surface area contributed by atoms with E-state index in [1.165, 1.54) is 12.1 Å². The Morgan fingerprint density at radius 1 is 1.00 bits per heavy atom. The van der Waals surface area contributed by atoms with Crippen LogP contribution in [0.3, 0.4) is 0 Å². The monoisotopic (exact) mass is 418 g/mol. The lowest BCUT2D eigenvalue weighted by Gasteiger charge is -2.26. The van der Waals surface area contributed by atoms with E-state index >= 15 is 0 Å². The SMILES string of the molecule is CN=C(NCc1cc(OC)c(OC)c(OC)c1)NCC(c1ccc(F)cc1)N(C)C. The minimum absolute atomic E-state index is 0.0605. The average molecular weight is 419 g/mol. The highest BCUT2D eigenvalue weighted by Gasteiger charge is 2.16. The molecule has 164 valence electrons. The Morgan fingerprint density at radius 2 is 1.60 bits per heavy atom. The van der Waals surface area contributed by atoms with Crippen molar-refractivity contribution in [3.05, 3.63) is 53.3 Å². The van der Waals surface area contributed by atoms with Crippen LogP contribution in [-0.4, -0.2) is 59.9 Å². The van der Waals surface area contributed by atoms with Crippen LogP contribution in [0.4, 0.5) is 4.39 Å². The second-order valence-electron chi connectivity index (χ2n) is 6.87. The lowest BCUT2D eigenvalue weighted by molar-refractivity contribution is 0.298. The maximum Gasteiger partial charge on any atom is 0.203 e. The van der Waals surface area contributed by atoms with E-state index in [1.807, 2.05) is 26.2 Å². The summed E-state index contributed by atoms with van der Waals surface area (Å²) in [6.45, 7) is 1.12. The summed E-state index contributed by atoms with van der Waals surface area (Å²) in [5, 5.41) is 6.62. The maximum atomic E-state index is 13.3. The highest BCUT2D eigenvalue weighted by atomic mass is 19.1. The third-order valence-corrected chi connectivity index (χ3v) is 4.75. The van der Waals surface area contributed by atoms with Crippen molar-refractivity contribution in [3.63, 3.8) is 0 Å². The van der Waals surface area contributed by atoms with Gasteiger partial charge in [0.05, 0.1) is 27.4 Å². The van der Waals surface area contributed by atoms with Gasteiger partial charge in [0.1, 0.15) is 5.82 Å². The summed E-state index contributed by atoms with van der Waals surface area (Å²) in [4.78, 5) is 6.37. The van der Waals surface area contributed by atoms with E-state index in [-0.39, 0.29) is 11.9 Å². The van der Waals surface area contributed by atoms with Crippen LogP contribution in [0.25, 0.3) is 0 Å². The number of hydrogen-bond acceptors (Lipinski definition) is 5. The minimum atomic E-state index is -0.243. The smallest absolute Gasteiger partial charge is 0.203 e. The Kier molecular flexibility index (Phi) is 8.73. The molecule has 1 atom stereocenters. The number of guanidine groups is 1. The first-order valence-corrected chi connectivity index (χ1v) is 9.58. The molecule has 0 saturated heterocycles. The van der Waals surface area contributed by atoms with Crippen LogP contribution in [0, 0.1) is 5.82 Å². The fourth-order valence-corrected chi connectivity index (χ4v) is 3.12. The van der Waals surface area contributed by atoms with Crippen LogP contribution in [0.1, 0.15) is 17.2 Å². The fraction of sp³-hybridized carbons (Fsp3) is 0.409. The summed E-state index contributed by atoms with van der Waals surface area (Å²) in [5.41, 5.74) is 1.98. The quantitative estimate of drug-likeness (QED) is 0.482. The number of nitrogens with zero attached hydrogens (tertiary/aromatic N) is 2. The molecule has 30 heavy (non-hydrogen) atoms. The Balaban J connectivity index is 2.04. The molecule has 0 bridgehead atoms. The third-order valence-electron chi connectivity index (χ3n) is 4.75. The van der Waals surface area contributed by atoms with Crippen molar-refractivity contribution in [1.82, 2.24) is 15.5 Å². The van der Waals surface area contributed by atoms with Crippen LogP contribution >= 0.6 is 0 Å². The zero-order chi connectivity index (χ0) is 22.1. The zero-order valence-corrected chi connectivity index (χ0v) is 18.5. The highest BCUT2D eigenvalue weighted by Crippen LogP contribution is 2.38. The van der Waals surface area contributed by atoms with Gasteiger partial charge in [-0.15, -0.1) is 0 Å². The Morgan fingerprint density at radius 3 is 2.07 bits per heavy atom. The number of halogens is 1. The van der Waals surface area contributed by atoms with Crippen LogP contribution in [-0.2, 0) is 6.54 Å². The topological polar surface area (TPSA) is 67.4 Å². The first kappa shape index (κ1) is 23.3. The molecule has 0 heterocycles. The van der Waals surface area contributed by atoms with Gasteiger partial charge < -0.3 is 29.7 Å². The van der Waals surface area contributed by atoms with E-state index in [1.54, 1.807) is 40.5 Å². The molecule has 0 fully saturated rings. The van der Waals surface area contributed by atoms with Crippen LogP contribution in [0.5, 0.6) is 17.2 Å². The number of hydrogen-bond donors (Lipinski definition) is 2. The van der Waals surface area contributed by atoms with E-state index in [0.29, 0.717) is 36.3 Å². The summed E-state index contributed by atoms with van der Waals surface area (Å²) >= 11 is 0. The number of likely N-dealkylation sites (N-methyl/N-ethyl adjacent to an activating group) is 1. The molecule has 0 aliphatic carbocycles. The van der Waals surface area contributed by atoms with Gasteiger partial charge in [-0.2, -0.15) is 0 Å². The molecule has 2 N–H and O–H groups in total. The van der Waals surface area contributed by atoms with Gasteiger partial charge in [-0.1, -0.05) is 12.1 Å². The first-order chi connectivity index (χ1) is 14.4. The van der Waals surface area contributed by atoms with E-state index in [2.05, 4.69) is 20.5 Å².